The van der Waals surface area contributed by atoms with Crippen LogP contribution < -0.4 is 0 Å². The number of hydrogen-bond acceptors (Lipinski definition) is 8. The largest absolute Gasteiger partial charge is 0.346 e. The Bertz CT molecular complexity index is 1490. The molecule has 1 aromatic carbocycles. The van der Waals surface area contributed by atoms with E-state index in [4.69, 9.17) is 5.26 Å². The first-order chi connectivity index (χ1) is 17.6. The van der Waals surface area contributed by atoms with Crippen molar-refractivity contribution in [2.24, 2.45) is 0 Å². The summed E-state index contributed by atoms with van der Waals surface area (Å²) in [6, 6.07) is 7.65. The third kappa shape index (κ3) is 4.64. The number of thiocyanates is 1. The Morgan fingerprint density at radius 2 is 2.03 bits per heavy atom. The normalized spacial score (nSPS) is 14.9. The van der Waals surface area contributed by atoms with Crippen LogP contribution >= 0.6 is 11.8 Å². The van der Waals surface area contributed by atoms with E-state index in [9.17, 15) is 14.4 Å². The number of nitriles is 2. The van der Waals surface area contributed by atoms with Gasteiger partial charge in [-0.3, -0.25) is 14.4 Å². The average Bonchev–Trinajstić information content (AvgIpc) is 3.58. The van der Waals surface area contributed by atoms with Crippen molar-refractivity contribution in [1.29, 1.82) is 10.5 Å². The molecule has 0 saturated carbocycles. The van der Waals surface area contributed by atoms with Crippen LogP contribution in [0.15, 0.2) is 49.2 Å². The molecule has 1 aliphatic heterocycles. The number of thioether (sulfide) groups is 1. The molecule has 0 spiro atoms. The number of nitrogens with zero attached hydrogens (tertiary/aromatic N) is 8. The van der Waals surface area contributed by atoms with Crippen molar-refractivity contribution in [1.82, 2.24) is 34.5 Å². The highest BCUT2D eigenvalue weighted by molar-refractivity contribution is 8.03. The maximum Gasteiger partial charge on any atom is 0.256 e. The van der Waals surface area contributed by atoms with E-state index in [2.05, 4.69) is 30.4 Å². The summed E-state index contributed by atoms with van der Waals surface area (Å²) >= 11 is 1.12. The lowest BCUT2D eigenvalue weighted by molar-refractivity contribution is 0.0626. The molecule has 1 saturated heterocycles. The van der Waals surface area contributed by atoms with Gasteiger partial charge in [-0.15, -0.1) is 0 Å². The summed E-state index contributed by atoms with van der Waals surface area (Å²) in [5.41, 5.74) is 2.46. The highest BCUT2D eigenvalue weighted by Gasteiger charge is 2.27. The fraction of sp³-hybridized carbons (Fsp3) is 0.250. The van der Waals surface area contributed by atoms with Crippen molar-refractivity contribution in [2.75, 3.05) is 32.7 Å². The van der Waals surface area contributed by atoms with E-state index < -0.39 is 11.7 Å². The number of aromatic amines is 1. The number of carbonyl (C=O) groups is 1. The molecule has 1 N–H and O–H groups in total. The fourth-order valence-corrected chi connectivity index (χ4v) is 4.87. The topological polar surface area (TPSA) is 131 Å². The molecule has 180 valence electrons. The van der Waals surface area contributed by atoms with E-state index in [1.807, 2.05) is 24.5 Å². The lowest BCUT2D eigenvalue weighted by Crippen LogP contribution is -2.49. The molecule has 5 rings (SSSR count). The quantitative estimate of drug-likeness (QED) is 0.399. The van der Waals surface area contributed by atoms with Gasteiger partial charge in [-0.05, 0) is 36.0 Å². The van der Waals surface area contributed by atoms with Gasteiger partial charge in [-0.2, -0.15) is 15.6 Å². The Morgan fingerprint density at radius 3 is 2.78 bits per heavy atom. The van der Waals surface area contributed by atoms with Crippen molar-refractivity contribution >= 4 is 28.7 Å². The zero-order valence-corrected chi connectivity index (χ0v) is 19.8. The minimum Gasteiger partial charge on any atom is -0.346 e. The first-order valence-corrected chi connectivity index (χ1v) is 12.0. The van der Waals surface area contributed by atoms with E-state index in [0.29, 0.717) is 32.7 Å². The second-order valence-electron chi connectivity index (χ2n) is 8.23. The van der Waals surface area contributed by atoms with Gasteiger partial charge in [0.05, 0.1) is 29.1 Å². The molecule has 0 bridgehead atoms. The summed E-state index contributed by atoms with van der Waals surface area (Å²) in [5.74, 6) is -1.08. The second kappa shape index (κ2) is 10.2. The van der Waals surface area contributed by atoms with Gasteiger partial charge in [-0.25, -0.2) is 14.4 Å². The third-order valence-corrected chi connectivity index (χ3v) is 6.86. The standard InChI is InChI=1S/C24H20FN9OS/c25-20-9-16(10-26)1-2-18(20)24(35)33-7-5-32(6-8-33)13-21(36-14-27)34-12-17(11-31-34)22-19-3-4-28-23(19)30-15-29-22/h1-4,9,11-12,15,21H,5-8,13H2,(H,28,29,30). The van der Waals surface area contributed by atoms with Crippen LogP contribution in [0.5, 0.6) is 0 Å². The molecule has 36 heavy (non-hydrogen) atoms. The second-order valence-corrected chi connectivity index (χ2v) is 9.20. The first-order valence-electron chi connectivity index (χ1n) is 11.2. The fourth-order valence-electron chi connectivity index (χ4n) is 4.24. The number of aromatic nitrogens is 5. The first kappa shape index (κ1) is 23.5. The van der Waals surface area contributed by atoms with Gasteiger partial charge >= 0.3 is 0 Å². The average molecular weight is 502 g/mol. The number of carbonyl (C=O) groups excluding carboxylic acids is 1. The van der Waals surface area contributed by atoms with E-state index in [1.54, 1.807) is 15.8 Å². The Hall–Kier alpha value is -4.26. The van der Waals surface area contributed by atoms with E-state index in [-0.39, 0.29) is 16.5 Å². The summed E-state index contributed by atoms with van der Waals surface area (Å²) in [6.45, 7) is 2.57. The van der Waals surface area contributed by atoms with Gasteiger partial charge in [0.25, 0.3) is 5.91 Å². The smallest absolute Gasteiger partial charge is 0.256 e. The van der Waals surface area contributed by atoms with Crippen LogP contribution in [-0.4, -0.2) is 73.2 Å². The van der Waals surface area contributed by atoms with Crippen molar-refractivity contribution in [3.05, 3.63) is 66.1 Å². The van der Waals surface area contributed by atoms with Gasteiger partial charge in [0.2, 0.25) is 0 Å². The molecule has 4 heterocycles. The zero-order valence-electron chi connectivity index (χ0n) is 19.0. The molecule has 4 aromatic rings. The molecule has 1 amide bonds. The molecule has 1 fully saturated rings. The number of amides is 1. The highest BCUT2D eigenvalue weighted by atomic mass is 32.2. The molecule has 0 aliphatic carbocycles. The van der Waals surface area contributed by atoms with Crippen LogP contribution in [0.1, 0.15) is 21.3 Å². The summed E-state index contributed by atoms with van der Waals surface area (Å²) in [6.07, 6.45) is 6.90. The van der Waals surface area contributed by atoms with E-state index in [1.165, 1.54) is 18.5 Å². The molecule has 10 nitrogen and oxygen atoms in total. The molecular weight excluding hydrogens is 481 g/mol. The summed E-state index contributed by atoms with van der Waals surface area (Å²) in [7, 11) is 0. The maximum atomic E-state index is 14.3. The number of H-pyrrole nitrogens is 1. The van der Waals surface area contributed by atoms with Crippen LogP contribution in [0, 0.1) is 27.8 Å². The monoisotopic (exact) mass is 501 g/mol. The lowest BCUT2D eigenvalue weighted by Gasteiger charge is -2.36. The number of piperazine rings is 1. The maximum absolute atomic E-state index is 14.3. The van der Waals surface area contributed by atoms with E-state index in [0.717, 1.165) is 40.1 Å². The predicted molar refractivity (Wildman–Crippen MR) is 131 cm³/mol. The SMILES string of the molecule is N#CSC(CN1CCN(C(=O)c2ccc(C#N)cc2F)CC1)n1cc(-c2ncnc3[nH]ccc23)cn1. The number of rotatable bonds is 6. The molecule has 0 radical (unpaired) electrons. The van der Waals surface area contributed by atoms with Crippen molar-refractivity contribution < 1.29 is 9.18 Å². The summed E-state index contributed by atoms with van der Waals surface area (Å²) in [4.78, 5) is 28.2. The number of halogens is 1. The Balaban J connectivity index is 1.25. The third-order valence-electron chi connectivity index (χ3n) is 6.12. The van der Waals surface area contributed by atoms with Gasteiger partial charge < -0.3 is 9.88 Å². The van der Waals surface area contributed by atoms with Gasteiger partial charge in [-0.1, -0.05) is 0 Å². The Morgan fingerprint density at radius 1 is 1.19 bits per heavy atom. The number of benzene rings is 1. The van der Waals surface area contributed by atoms with Gasteiger partial charge in [0.1, 0.15) is 28.6 Å². The van der Waals surface area contributed by atoms with Crippen LogP contribution in [0.2, 0.25) is 0 Å². The van der Waals surface area contributed by atoms with Crippen LogP contribution in [-0.2, 0) is 0 Å². The number of fused-ring (bicyclic) bond motifs is 1. The van der Waals surface area contributed by atoms with Gasteiger partial charge in [0, 0.05) is 56.1 Å². The Labute approximate surface area is 210 Å². The van der Waals surface area contributed by atoms with Crippen LogP contribution in [0.4, 0.5) is 4.39 Å². The predicted octanol–water partition coefficient (Wildman–Crippen LogP) is 3.00. The van der Waals surface area contributed by atoms with Crippen molar-refractivity contribution in [3.8, 4) is 22.7 Å². The number of hydrogen-bond donors (Lipinski definition) is 1. The van der Waals surface area contributed by atoms with Crippen molar-refractivity contribution in [2.45, 2.75) is 5.37 Å². The summed E-state index contributed by atoms with van der Waals surface area (Å²) in [5, 5.41) is 25.6. The minimum atomic E-state index is -0.693. The van der Waals surface area contributed by atoms with Gasteiger partial charge in [0.15, 0.2) is 0 Å². The zero-order chi connectivity index (χ0) is 25.1. The molecule has 1 aliphatic rings. The van der Waals surface area contributed by atoms with Crippen LogP contribution in [0.3, 0.4) is 0 Å². The lowest BCUT2D eigenvalue weighted by atomic mass is 10.1. The Kier molecular flexibility index (Phi) is 6.62. The van der Waals surface area contributed by atoms with Crippen LogP contribution in [0.25, 0.3) is 22.3 Å². The molecule has 1 atom stereocenters. The molecule has 12 heteroatoms. The minimum absolute atomic E-state index is 0.0364. The summed E-state index contributed by atoms with van der Waals surface area (Å²) < 4.78 is 16.1. The molecule has 3 aromatic heterocycles. The molecule has 1 unspecified atom stereocenters. The van der Waals surface area contributed by atoms with Crippen molar-refractivity contribution in [3.63, 3.8) is 0 Å². The number of nitrogens with one attached hydrogen (secondary N) is 1. The highest BCUT2D eigenvalue weighted by Crippen LogP contribution is 2.28. The molecular formula is C24H20FN9OS. The van der Waals surface area contributed by atoms with E-state index >= 15 is 0 Å².